The molecule has 1 amide bonds. The molecule has 18 heavy (non-hydrogen) atoms. The monoisotopic (exact) mass is 292 g/mol. The average molecular weight is 293 g/mol. The van der Waals surface area contributed by atoms with Gasteiger partial charge in [-0.25, -0.2) is 0 Å². The van der Waals surface area contributed by atoms with Gasteiger partial charge in [-0.1, -0.05) is 13.8 Å². The molecule has 0 atom stereocenters. The molecule has 0 saturated carbocycles. The maximum absolute atomic E-state index is 12.1. The minimum Gasteiger partial charge on any atom is -0.496 e. The van der Waals surface area contributed by atoms with Crippen LogP contribution in [0, 0.1) is 5.41 Å². The molecule has 0 unspecified atom stereocenters. The molecule has 4 nitrogen and oxygen atoms in total. The van der Waals surface area contributed by atoms with E-state index >= 15 is 0 Å². The van der Waals surface area contributed by atoms with Gasteiger partial charge in [-0.05, 0) is 12.0 Å². The molecule has 0 aliphatic carbocycles. The van der Waals surface area contributed by atoms with Crippen molar-refractivity contribution in [1.82, 2.24) is 4.90 Å². The summed E-state index contributed by atoms with van der Waals surface area (Å²) in [5.41, 5.74) is 5.60. The third-order valence-electron chi connectivity index (χ3n) is 2.59. The molecular formula is C12H21ClN2O2S. The molecule has 0 aliphatic heterocycles. The minimum atomic E-state index is -0.0637. The maximum Gasteiger partial charge on any atom is 0.263 e. The summed E-state index contributed by atoms with van der Waals surface area (Å²) in [7, 11) is 3.39. The van der Waals surface area contributed by atoms with Crippen molar-refractivity contribution in [3.05, 3.63) is 16.3 Å². The third kappa shape index (κ3) is 4.48. The number of carbonyl (C=O) groups excluding carboxylic acids is 1. The van der Waals surface area contributed by atoms with E-state index in [1.807, 2.05) is 19.2 Å². The summed E-state index contributed by atoms with van der Waals surface area (Å²) in [6.45, 7) is 5.29. The quantitative estimate of drug-likeness (QED) is 0.905. The number of methoxy groups -OCH3 is 1. The molecule has 0 saturated heterocycles. The Morgan fingerprint density at radius 2 is 2.17 bits per heavy atom. The van der Waals surface area contributed by atoms with Crippen LogP contribution < -0.4 is 10.5 Å². The summed E-state index contributed by atoms with van der Waals surface area (Å²) >= 11 is 1.40. The Balaban J connectivity index is 0.00000289. The van der Waals surface area contributed by atoms with Crippen LogP contribution in [0.2, 0.25) is 0 Å². The third-order valence-corrected chi connectivity index (χ3v) is 3.48. The minimum absolute atomic E-state index is 0. The maximum atomic E-state index is 12.1. The summed E-state index contributed by atoms with van der Waals surface area (Å²) in [4.78, 5) is 14.5. The predicted molar refractivity (Wildman–Crippen MR) is 77.9 cm³/mol. The number of nitrogens with zero attached hydrogens (tertiary/aromatic N) is 1. The number of carbonyl (C=O) groups is 1. The van der Waals surface area contributed by atoms with Crippen molar-refractivity contribution in [3.63, 3.8) is 0 Å². The van der Waals surface area contributed by atoms with Gasteiger partial charge in [0.15, 0.2) is 0 Å². The lowest BCUT2D eigenvalue weighted by Crippen LogP contribution is -2.39. The van der Waals surface area contributed by atoms with Crippen molar-refractivity contribution in [2.45, 2.75) is 13.8 Å². The molecule has 0 fully saturated rings. The van der Waals surface area contributed by atoms with Gasteiger partial charge in [0, 0.05) is 25.0 Å². The number of halogens is 1. The molecule has 104 valence electrons. The Kier molecular flexibility index (Phi) is 6.67. The molecule has 0 radical (unpaired) electrons. The van der Waals surface area contributed by atoms with Crippen molar-refractivity contribution in [3.8, 4) is 5.75 Å². The lowest BCUT2D eigenvalue weighted by Gasteiger charge is -2.28. The molecular weight excluding hydrogens is 272 g/mol. The van der Waals surface area contributed by atoms with E-state index in [1.54, 1.807) is 25.1 Å². The molecule has 0 bridgehead atoms. The van der Waals surface area contributed by atoms with E-state index in [-0.39, 0.29) is 23.7 Å². The van der Waals surface area contributed by atoms with Crippen LogP contribution in [-0.2, 0) is 0 Å². The molecule has 1 aromatic heterocycles. The lowest BCUT2D eigenvalue weighted by atomic mass is 9.93. The van der Waals surface area contributed by atoms with Crippen molar-refractivity contribution in [2.75, 3.05) is 27.2 Å². The zero-order chi connectivity index (χ0) is 13.1. The summed E-state index contributed by atoms with van der Waals surface area (Å²) in [6, 6.07) is 1.76. The van der Waals surface area contributed by atoms with Gasteiger partial charge < -0.3 is 15.4 Å². The topological polar surface area (TPSA) is 55.6 Å². The SMILES string of the molecule is COc1csc(C(=O)N(C)CC(C)(C)CN)c1.Cl. The van der Waals surface area contributed by atoms with Gasteiger partial charge in [0.05, 0.1) is 12.0 Å². The number of rotatable bonds is 5. The largest absolute Gasteiger partial charge is 0.496 e. The first-order valence-electron chi connectivity index (χ1n) is 5.47. The molecule has 1 heterocycles. The number of ether oxygens (including phenoxy) is 1. The number of hydrogen-bond acceptors (Lipinski definition) is 4. The summed E-state index contributed by atoms with van der Waals surface area (Å²) in [5.74, 6) is 0.740. The Labute approximate surface area is 119 Å². The van der Waals surface area contributed by atoms with Crippen LogP contribution in [0.3, 0.4) is 0 Å². The van der Waals surface area contributed by atoms with Gasteiger partial charge in [0.1, 0.15) is 5.75 Å². The van der Waals surface area contributed by atoms with Crippen molar-refractivity contribution in [1.29, 1.82) is 0 Å². The molecule has 1 rings (SSSR count). The van der Waals surface area contributed by atoms with Crippen molar-refractivity contribution >= 4 is 29.7 Å². The van der Waals surface area contributed by atoms with Crippen LogP contribution in [0.5, 0.6) is 5.75 Å². The second kappa shape index (κ2) is 6.97. The van der Waals surface area contributed by atoms with E-state index < -0.39 is 0 Å². The number of thiophene rings is 1. The summed E-state index contributed by atoms with van der Waals surface area (Å²) in [5, 5.41) is 1.83. The molecule has 0 spiro atoms. The van der Waals surface area contributed by atoms with Gasteiger partial charge in [-0.3, -0.25) is 4.79 Å². The highest BCUT2D eigenvalue weighted by molar-refractivity contribution is 7.12. The molecule has 1 aromatic rings. The van der Waals surface area contributed by atoms with Crippen LogP contribution in [0.1, 0.15) is 23.5 Å². The van der Waals surface area contributed by atoms with Gasteiger partial charge >= 0.3 is 0 Å². The van der Waals surface area contributed by atoms with E-state index in [9.17, 15) is 4.79 Å². The highest BCUT2D eigenvalue weighted by Crippen LogP contribution is 2.23. The van der Waals surface area contributed by atoms with Gasteiger partial charge in [0.2, 0.25) is 0 Å². The van der Waals surface area contributed by atoms with E-state index in [1.165, 1.54) is 11.3 Å². The summed E-state index contributed by atoms with van der Waals surface area (Å²) < 4.78 is 5.07. The average Bonchev–Trinajstić information content (AvgIpc) is 2.76. The van der Waals surface area contributed by atoms with Gasteiger partial charge in [0.25, 0.3) is 5.91 Å². The molecule has 0 aromatic carbocycles. The molecule has 2 N–H and O–H groups in total. The first kappa shape index (κ1) is 17.2. The number of nitrogens with two attached hydrogens (primary N) is 1. The van der Waals surface area contributed by atoms with Crippen LogP contribution in [0.25, 0.3) is 0 Å². The van der Waals surface area contributed by atoms with Gasteiger partial charge in [-0.2, -0.15) is 0 Å². The normalized spacial score (nSPS) is 10.7. The Hall–Kier alpha value is -0.780. The van der Waals surface area contributed by atoms with Crippen molar-refractivity contribution in [2.24, 2.45) is 11.1 Å². The second-order valence-corrected chi connectivity index (χ2v) is 5.79. The second-order valence-electron chi connectivity index (χ2n) is 4.88. The lowest BCUT2D eigenvalue weighted by molar-refractivity contribution is 0.0745. The number of amides is 1. The van der Waals surface area contributed by atoms with E-state index in [0.29, 0.717) is 18.0 Å². The zero-order valence-electron chi connectivity index (χ0n) is 11.2. The highest BCUT2D eigenvalue weighted by atomic mass is 35.5. The number of hydrogen-bond donors (Lipinski definition) is 1. The Morgan fingerprint density at radius 3 is 2.61 bits per heavy atom. The predicted octanol–water partition coefficient (Wildman–Crippen LogP) is 2.24. The van der Waals surface area contributed by atoms with Crippen LogP contribution in [0.15, 0.2) is 11.4 Å². The van der Waals surface area contributed by atoms with E-state index in [2.05, 4.69) is 0 Å². The standard InChI is InChI=1S/C12H20N2O2S.ClH/c1-12(2,7-13)8-14(3)11(15)10-5-9(16-4)6-17-10;/h5-6H,7-8,13H2,1-4H3;1H. The first-order valence-corrected chi connectivity index (χ1v) is 6.35. The fourth-order valence-corrected chi connectivity index (χ4v) is 2.35. The zero-order valence-corrected chi connectivity index (χ0v) is 12.9. The van der Waals surface area contributed by atoms with E-state index in [0.717, 1.165) is 5.75 Å². The molecule has 0 aliphatic rings. The Bertz CT molecular complexity index is 393. The van der Waals surface area contributed by atoms with Crippen LogP contribution in [0.4, 0.5) is 0 Å². The first-order chi connectivity index (χ1) is 7.89. The van der Waals surface area contributed by atoms with Crippen LogP contribution >= 0.6 is 23.7 Å². The van der Waals surface area contributed by atoms with E-state index in [4.69, 9.17) is 10.5 Å². The fraction of sp³-hybridized carbons (Fsp3) is 0.583. The highest BCUT2D eigenvalue weighted by Gasteiger charge is 2.22. The van der Waals surface area contributed by atoms with Crippen LogP contribution in [-0.4, -0.2) is 38.1 Å². The summed E-state index contributed by atoms with van der Waals surface area (Å²) in [6.07, 6.45) is 0. The van der Waals surface area contributed by atoms with Gasteiger partial charge in [-0.15, -0.1) is 23.7 Å². The Morgan fingerprint density at radius 1 is 1.56 bits per heavy atom. The smallest absolute Gasteiger partial charge is 0.263 e. The van der Waals surface area contributed by atoms with Crippen molar-refractivity contribution < 1.29 is 9.53 Å². The fourth-order valence-electron chi connectivity index (χ4n) is 1.50. The molecule has 6 heteroatoms.